The summed E-state index contributed by atoms with van der Waals surface area (Å²) in [6, 6.07) is 10.3. The first-order chi connectivity index (χ1) is 11.6. The van der Waals surface area contributed by atoms with Gasteiger partial charge in [-0.15, -0.1) is 11.3 Å². The van der Waals surface area contributed by atoms with Crippen LogP contribution in [-0.2, 0) is 4.79 Å². The van der Waals surface area contributed by atoms with Crippen molar-refractivity contribution < 1.29 is 19.5 Å². The molecule has 0 aliphatic rings. The van der Waals surface area contributed by atoms with E-state index in [1.165, 1.54) is 11.3 Å². The molecule has 0 atom stereocenters. The van der Waals surface area contributed by atoms with Crippen LogP contribution in [-0.4, -0.2) is 29.3 Å². The zero-order valence-electron chi connectivity index (χ0n) is 13.2. The van der Waals surface area contributed by atoms with Gasteiger partial charge in [0.25, 0.3) is 5.91 Å². The fourth-order valence-corrected chi connectivity index (χ4v) is 2.97. The summed E-state index contributed by atoms with van der Waals surface area (Å²) in [6.45, 7) is 0.458. The third-order valence-corrected chi connectivity index (χ3v) is 4.38. The summed E-state index contributed by atoms with van der Waals surface area (Å²) in [5.74, 6) is -1.24. The molecule has 0 unspecified atom stereocenters. The van der Waals surface area contributed by atoms with Crippen molar-refractivity contribution in [1.29, 1.82) is 0 Å². The van der Waals surface area contributed by atoms with Crippen molar-refractivity contribution in [1.82, 2.24) is 5.32 Å². The maximum atomic E-state index is 12.5. The molecule has 24 heavy (non-hydrogen) atoms. The minimum absolute atomic E-state index is 0.145. The Morgan fingerprint density at radius 3 is 2.38 bits per heavy atom. The number of rotatable bonds is 9. The van der Waals surface area contributed by atoms with Gasteiger partial charge in [-0.1, -0.05) is 30.7 Å². The van der Waals surface area contributed by atoms with Crippen LogP contribution in [0.4, 0.5) is 0 Å². The number of carboxylic acids is 1. The molecule has 1 aromatic heterocycles. The van der Waals surface area contributed by atoms with Gasteiger partial charge in [-0.2, -0.15) is 0 Å². The number of carboxylic acid groups (broad SMARTS) is 1. The summed E-state index contributed by atoms with van der Waals surface area (Å²) in [6.07, 6.45) is 2.19. The molecule has 0 saturated heterocycles. The summed E-state index contributed by atoms with van der Waals surface area (Å²) >= 11 is 1.35. The van der Waals surface area contributed by atoms with Crippen LogP contribution in [0.25, 0.3) is 0 Å². The van der Waals surface area contributed by atoms with Gasteiger partial charge in [0.15, 0.2) is 0 Å². The van der Waals surface area contributed by atoms with Gasteiger partial charge in [0.2, 0.25) is 5.78 Å². The number of amides is 1. The Kier molecular flexibility index (Phi) is 6.69. The number of hydrogen-bond acceptors (Lipinski definition) is 4. The summed E-state index contributed by atoms with van der Waals surface area (Å²) in [5.41, 5.74) is 0.754. The fraction of sp³-hybridized carbons (Fsp3) is 0.278. The van der Waals surface area contributed by atoms with Crippen LogP contribution >= 0.6 is 11.3 Å². The first kappa shape index (κ1) is 17.9. The zero-order valence-corrected chi connectivity index (χ0v) is 14.0. The van der Waals surface area contributed by atoms with Gasteiger partial charge in [0, 0.05) is 18.5 Å². The Hall–Kier alpha value is -2.47. The van der Waals surface area contributed by atoms with Crippen molar-refractivity contribution in [3.63, 3.8) is 0 Å². The second-order valence-corrected chi connectivity index (χ2v) is 6.26. The molecule has 0 aliphatic carbocycles. The van der Waals surface area contributed by atoms with Crippen LogP contribution in [0.5, 0.6) is 0 Å². The third-order valence-electron chi connectivity index (χ3n) is 3.51. The molecule has 1 amide bonds. The fourth-order valence-electron chi connectivity index (χ4n) is 2.29. The predicted molar refractivity (Wildman–Crippen MR) is 92.6 cm³/mol. The number of carbonyl (C=O) groups is 3. The van der Waals surface area contributed by atoms with Crippen molar-refractivity contribution in [3.8, 4) is 0 Å². The van der Waals surface area contributed by atoms with E-state index in [1.807, 2.05) is 5.38 Å². The van der Waals surface area contributed by atoms with E-state index >= 15 is 0 Å². The van der Waals surface area contributed by atoms with Crippen molar-refractivity contribution in [3.05, 3.63) is 57.8 Å². The molecule has 0 radical (unpaired) electrons. The van der Waals surface area contributed by atoms with Crippen LogP contribution in [0, 0.1) is 0 Å². The SMILES string of the molecule is O=C(O)CCCCCNC(=O)c1ccccc1C(=O)c1cccs1. The van der Waals surface area contributed by atoms with E-state index in [9.17, 15) is 14.4 Å². The number of ketones is 1. The summed E-state index contributed by atoms with van der Waals surface area (Å²) in [5, 5.41) is 13.2. The van der Waals surface area contributed by atoms with Gasteiger partial charge >= 0.3 is 5.97 Å². The predicted octanol–water partition coefficient (Wildman–Crippen LogP) is 3.35. The lowest BCUT2D eigenvalue weighted by Crippen LogP contribution is -2.26. The van der Waals surface area contributed by atoms with Crippen molar-refractivity contribution in [2.24, 2.45) is 0 Å². The van der Waals surface area contributed by atoms with Crippen LogP contribution in [0.3, 0.4) is 0 Å². The van der Waals surface area contributed by atoms with E-state index in [0.717, 1.165) is 6.42 Å². The molecule has 1 heterocycles. The molecule has 0 spiro atoms. The molecule has 0 saturated carbocycles. The van der Waals surface area contributed by atoms with Crippen LogP contribution in [0.1, 0.15) is 51.3 Å². The highest BCUT2D eigenvalue weighted by Crippen LogP contribution is 2.18. The average Bonchev–Trinajstić information content (AvgIpc) is 3.11. The smallest absolute Gasteiger partial charge is 0.303 e. The molecule has 0 fully saturated rings. The minimum Gasteiger partial charge on any atom is -0.481 e. The molecule has 0 bridgehead atoms. The molecule has 5 nitrogen and oxygen atoms in total. The van der Waals surface area contributed by atoms with E-state index in [-0.39, 0.29) is 18.1 Å². The van der Waals surface area contributed by atoms with Crippen LogP contribution in [0.15, 0.2) is 41.8 Å². The molecule has 2 rings (SSSR count). The van der Waals surface area contributed by atoms with Gasteiger partial charge in [-0.05, 0) is 30.4 Å². The quantitative estimate of drug-likeness (QED) is 0.539. The standard InChI is InChI=1S/C18H19NO4S/c20-16(21)10-2-1-5-11-19-18(23)14-8-4-3-7-13(14)17(22)15-9-6-12-24-15/h3-4,6-9,12H,1-2,5,10-11H2,(H,19,23)(H,20,21). The highest BCUT2D eigenvalue weighted by Gasteiger charge is 2.18. The van der Waals surface area contributed by atoms with Crippen molar-refractivity contribution in [2.75, 3.05) is 6.54 Å². The number of carbonyl (C=O) groups excluding carboxylic acids is 2. The highest BCUT2D eigenvalue weighted by atomic mass is 32.1. The summed E-state index contributed by atoms with van der Waals surface area (Å²) < 4.78 is 0. The first-order valence-electron chi connectivity index (χ1n) is 7.77. The molecule has 6 heteroatoms. The van der Waals surface area contributed by atoms with Gasteiger partial charge in [-0.3, -0.25) is 14.4 Å². The Balaban J connectivity index is 1.93. The Labute approximate surface area is 144 Å². The number of hydrogen-bond donors (Lipinski definition) is 2. The van der Waals surface area contributed by atoms with E-state index in [4.69, 9.17) is 5.11 Å². The van der Waals surface area contributed by atoms with Crippen molar-refractivity contribution in [2.45, 2.75) is 25.7 Å². The van der Waals surface area contributed by atoms with Gasteiger partial charge in [0.1, 0.15) is 0 Å². The normalized spacial score (nSPS) is 10.3. The topological polar surface area (TPSA) is 83.5 Å². The first-order valence-corrected chi connectivity index (χ1v) is 8.65. The van der Waals surface area contributed by atoms with Gasteiger partial charge in [0.05, 0.1) is 10.4 Å². The lowest BCUT2D eigenvalue weighted by atomic mass is 10.0. The number of aliphatic carboxylic acids is 1. The number of nitrogens with one attached hydrogen (secondary N) is 1. The Bertz CT molecular complexity index is 710. The maximum Gasteiger partial charge on any atom is 0.303 e. The van der Waals surface area contributed by atoms with Crippen LogP contribution < -0.4 is 5.32 Å². The van der Waals surface area contributed by atoms with Gasteiger partial charge < -0.3 is 10.4 Å². The van der Waals surface area contributed by atoms with E-state index in [0.29, 0.717) is 35.4 Å². The monoisotopic (exact) mass is 345 g/mol. The van der Waals surface area contributed by atoms with Crippen molar-refractivity contribution >= 4 is 29.0 Å². The Morgan fingerprint density at radius 1 is 0.958 bits per heavy atom. The molecule has 2 aromatic rings. The van der Waals surface area contributed by atoms with Gasteiger partial charge in [-0.25, -0.2) is 0 Å². The second-order valence-electron chi connectivity index (χ2n) is 5.31. The summed E-state index contributed by atoms with van der Waals surface area (Å²) in [4.78, 5) is 35.8. The second kappa shape index (κ2) is 8.98. The van der Waals surface area contributed by atoms with Crippen LogP contribution in [0.2, 0.25) is 0 Å². The molecule has 1 aromatic carbocycles. The number of thiophene rings is 1. The molecule has 2 N–H and O–H groups in total. The number of benzene rings is 1. The Morgan fingerprint density at radius 2 is 1.71 bits per heavy atom. The van der Waals surface area contributed by atoms with E-state index < -0.39 is 5.97 Å². The third kappa shape index (κ3) is 5.03. The summed E-state index contributed by atoms with van der Waals surface area (Å²) in [7, 11) is 0. The highest BCUT2D eigenvalue weighted by molar-refractivity contribution is 7.12. The van der Waals surface area contributed by atoms with E-state index in [2.05, 4.69) is 5.32 Å². The van der Waals surface area contributed by atoms with E-state index in [1.54, 1.807) is 36.4 Å². The maximum absolute atomic E-state index is 12.5. The minimum atomic E-state index is -0.806. The largest absolute Gasteiger partial charge is 0.481 e. The molecule has 126 valence electrons. The zero-order chi connectivity index (χ0) is 17.4. The lowest BCUT2D eigenvalue weighted by Gasteiger charge is -2.09. The number of unbranched alkanes of at least 4 members (excludes halogenated alkanes) is 2. The molecular formula is C18H19NO4S. The average molecular weight is 345 g/mol. The molecular weight excluding hydrogens is 326 g/mol. The molecule has 0 aliphatic heterocycles. The lowest BCUT2D eigenvalue weighted by molar-refractivity contribution is -0.137.